The molecule has 0 aliphatic carbocycles. The topological polar surface area (TPSA) is 20.2 Å². The van der Waals surface area contributed by atoms with Crippen molar-refractivity contribution < 1.29 is 5.11 Å². The fraction of sp³-hybridized carbons (Fsp3) is 1.00. The summed E-state index contributed by atoms with van der Waals surface area (Å²) in [5.74, 6) is 0.463. The molecule has 0 aromatic rings. The Bertz CT molecular complexity index is 63.9. The van der Waals surface area contributed by atoms with Gasteiger partial charge in [0.25, 0.3) is 0 Å². The van der Waals surface area contributed by atoms with Gasteiger partial charge in [0.2, 0.25) is 0 Å². The lowest BCUT2D eigenvalue weighted by Crippen LogP contribution is -2.08. The number of halogens is 1. The maximum absolute atomic E-state index is 9.03. The van der Waals surface area contributed by atoms with Gasteiger partial charge in [0.1, 0.15) is 4.11 Å². The Kier molecular flexibility index (Phi) is 5.89. The van der Waals surface area contributed by atoms with E-state index in [1.807, 2.05) is 0 Å². The molecular weight excluding hydrogens is 227 g/mol. The van der Waals surface area contributed by atoms with Crippen LogP contribution >= 0.6 is 22.6 Å². The molecule has 0 heterocycles. The van der Waals surface area contributed by atoms with Crippen molar-refractivity contribution in [3.8, 4) is 0 Å². The highest BCUT2D eigenvalue weighted by atomic mass is 127. The molecule has 2 atom stereocenters. The second-order valence-corrected chi connectivity index (χ2v) is 3.77. The van der Waals surface area contributed by atoms with E-state index in [4.69, 9.17) is 5.11 Å². The number of aliphatic hydroxyl groups excluding tert-OH is 1. The largest absolute Gasteiger partial charge is 0.382 e. The van der Waals surface area contributed by atoms with E-state index in [1.165, 1.54) is 12.8 Å². The molecule has 0 aromatic heterocycles. The first-order valence-electron chi connectivity index (χ1n) is 3.50. The molecule has 0 bridgehead atoms. The summed E-state index contributed by atoms with van der Waals surface area (Å²) in [6.45, 7) is 4.26. The predicted octanol–water partition coefficient (Wildman–Crippen LogP) is 2.57. The lowest BCUT2D eigenvalue weighted by molar-refractivity contribution is 0.209. The summed E-state index contributed by atoms with van der Waals surface area (Å²) in [6, 6.07) is 0. The van der Waals surface area contributed by atoms with Crippen LogP contribution in [0.2, 0.25) is 0 Å². The Morgan fingerprint density at radius 2 is 2.11 bits per heavy atom. The molecule has 9 heavy (non-hydrogen) atoms. The molecule has 1 nitrogen and oxygen atoms in total. The van der Waals surface area contributed by atoms with Crippen LogP contribution in [-0.4, -0.2) is 9.22 Å². The second-order valence-electron chi connectivity index (χ2n) is 2.49. The van der Waals surface area contributed by atoms with Crippen LogP contribution in [0.4, 0.5) is 0 Å². The summed E-state index contributed by atoms with van der Waals surface area (Å²) in [5, 5.41) is 9.03. The van der Waals surface area contributed by atoms with Crippen molar-refractivity contribution in [2.24, 2.45) is 5.92 Å². The maximum atomic E-state index is 9.03. The molecule has 0 radical (unpaired) electrons. The van der Waals surface area contributed by atoms with E-state index >= 15 is 0 Å². The third-order valence-corrected chi connectivity index (χ3v) is 2.71. The molecular formula is C7H15IO. The van der Waals surface area contributed by atoms with Gasteiger partial charge in [-0.2, -0.15) is 0 Å². The Morgan fingerprint density at radius 3 is 2.44 bits per heavy atom. The standard InChI is InChI=1S/C7H15IO/c1-3-4-5-6(2)7(8)9/h6-7,9H,3-5H2,1-2H3. The molecule has 0 spiro atoms. The zero-order chi connectivity index (χ0) is 7.28. The van der Waals surface area contributed by atoms with Crippen molar-refractivity contribution in [1.29, 1.82) is 0 Å². The molecule has 2 heteroatoms. The summed E-state index contributed by atoms with van der Waals surface area (Å²) < 4.78 is -0.158. The van der Waals surface area contributed by atoms with Crippen LogP contribution in [0.1, 0.15) is 33.1 Å². The molecule has 0 aromatic carbocycles. The lowest BCUT2D eigenvalue weighted by Gasteiger charge is -2.11. The van der Waals surface area contributed by atoms with Crippen molar-refractivity contribution in [2.45, 2.75) is 37.2 Å². The van der Waals surface area contributed by atoms with Crippen LogP contribution in [-0.2, 0) is 0 Å². The third-order valence-electron chi connectivity index (χ3n) is 1.48. The van der Waals surface area contributed by atoms with Gasteiger partial charge in [0.05, 0.1) is 0 Å². The molecule has 1 N–H and O–H groups in total. The average Bonchev–Trinajstić information content (AvgIpc) is 1.82. The van der Waals surface area contributed by atoms with Gasteiger partial charge < -0.3 is 5.11 Å². The van der Waals surface area contributed by atoms with Gasteiger partial charge in [-0.05, 0) is 12.3 Å². The first-order valence-corrected chi connectivity index (χ1v) is 4.75. The summed E-state index contributed by atoms with van der Waals surface area (Å²) in [7, 11) is 0. The van der Waals surface area contributed by atoms with E-state index in [0.717, 1.165) is 6.42 Å². The molecule has 0 saturated carbocycles. The fourth-order valence-corrected chi connectivity index (χ4v) is 1.02. The highest BCUT2D eigenvalue weighted by Gasteiger charge is 2.07. The average molecular weight is 242 g/mol. The smallest absolute Gasteiger partial charge is 0.107 e. The molecule has 0 fully saturated rings. The highest BCUT2D eigenvalue weighted by Crippen LogP contribution is 2.16. The Balaban J connectivity index is 3.16. The van der Waals surface area contributed by atoms with Crippen molar-refractivity contribution in [1.82, 2.24) is 0 Å². The Hall–Kier alpha value is 0.690. The Labute approximate surface area is 71.0 Å². The monoisotopic (exact) mass is 242 g/mol. The molecule has 0 rings (SSSR count). The second kappa shape index (κ2) is 5.47. The minimum absolute atomic E-state index is 0.158. The van der Waals surface area contributed by atoms with Gasteiger partial charge in [-0.1, -0.05) is 49.3 Å². The zero-order valence-corrected chi connectivity index (χ0v) is 8.26. The van der Waals surface area contributed by atoms with Crippen molar-refractivity contribution >= 4 is 22.6 Å². The fourth-order valence-electron chi connectivity index (χ4n) is 0.664. The van der Waals surface area contributed by atoms with Crippen molar-refractivity contribution in [3.63, 3.8) is 0 Å². The van der Waals surface area contributed by atoms with Gasteiger partial charge in [-0.15, -0.1) is 0 Å². The van der Waals surface area contributed by atoms with E-state index in [0.29, 0.717) is 5.92 Å². The minimum Gasteiger partial charge on any atom is -0.382 e. The third kappa shape index (κ3) is 5.15. The van der Waals surface area contributed by atoms with Crippen LogP contribution in [0.25, 0.3) is 0 Å². The predicted molar refractivity (Wildman–Crippen MR) is 48.7 cm³/mol. The number of aliphatic hydroxyl groups is 1. The quantitative estimate of drug-likeness (QED) is 0.593. The number of hydrogen-bond acceptors (Lipinski definition) is 1. The lowest BCUT2D eigenvalue weighted by atomic mass is 10.1. The van der Waals surface area contributed by atoms with E-state index in [-0.39, 0.29) is 4.11 Å². The van der Waals surface area contributed by atoms with E-state index in [9.17, 15) is 0 Å². The summed E-state index contributed by atoms with van der Waals surface area (Å²) >= 11 is 2.06. The first kappa shape index (κ1) is 9.69. The van der Waals surface area contributed by atoms with E-state index < -0.39 is 0 Å². The van der Waals surface area contributed by atoms with Crippen LogP contribution in [0.3, 0.4) is 0 Å². The van der Waals surface area contributed by atoms with Gasteiger partial charge in [0, 0.05) is 0 Å². The number of rotatable bonds is 4. The minimum atomic E-state index is -0.158. The van der Waals surface area contributed by atoms with Gasteiger partial charge in [-0.3, -0.25) is 0 Å². The highest BCUT2D eigenvalue weighted by molar-refractivity contribution is 14.1. The van der Waals surface area contributed by atoms with E-state index in [2.05, 4.69) is 36.4 Å². The molecule has 0 aliphatic heterocycles. The van der Waals surface area contributed by atoms with Crippen LogP contribution in [0.5, 0.6) is 0 Å². The maximum Gasteiger partial charge on any atom is 0.107 e. The van der Waals surface area contributed by atoms with Crippen LogP contribution in [0.15, 0.2) is 0 Å². The normalized spacial score (nSPS) is 17.3. The molecule has 0 amide bonds. The zero-order valence-electron chi connectivity index (χ0n) is 6.10. The molecule has 56 valence electrons. The van der Waals surface area contributed by atoms with E-state index in [1.54, 1.807) is 0 Å². The SMILES string of the molecule is CCCCC(C)C(O)I. The summed E-state index contributed by atoms with van der Waals surface area (Å²) in [4.78, 5) is 0. The van der Waals surface area contributed by atoms with Crippen molar-refractivity contribution in [2.75, 3.05) is 0 Å². The van der Waals surface area contributed by atoms with Gasteiger partial charge >= 0.3 is 0 Å². The number of unbranched alkanes of at least 4 members (excludes halogenated alkanes) is 1. The van der Waals surface area contributed by atoms with Gasteiger partial charge in [-0.25, -0.2) is 0 Å². The summed E-state index contributed by atoms with van der Waals surface area (Å²) in [5.41, 5.74) is 0. The van der Waals surface area contributed by atoms with Crippen molar-refractivity contribution in [3.05, 3.63) is 0 Å². The van der Waals surface area contributed by atoms with Gasteiger partial charge in [0.15, 0.2) is 0 Å². The molecule has 0 saturated heterocycles. The molecule has 0 aliphatic rings. The van der Waals surface area contributed by atoms with Crippen LogP contribution < -0.4 is 0 Å². The molecule has 2 unspecified atom stereocenters. The van der Waals surface area contributed by atoms with Crippen LogP contribution in [0, 0.1) is 5.92 Å². The Morgan fingerprint density at radius 1 is 1.56 bits per heavy atom. The summed E-state index contributed by atoms with van der Waals surface area (Å²) in [6.07, 6.45) is 3.62. The number of alkyl halides is 1. The first-order chi connectivity index (χ1) is 4.18. The number of hydrogen-bond donors (Lipinski definition) is 1.